The molecule has 0 unspecified atom stereocenters. The van der Waals surface area contributed by atoms with Crippen molar-refractivity contribution >= 4 is 17.4 Å². The van der Waals surface area contributed by atoms with Crippen molar-refractivity contribution in [3.05, 3.63) is 47.6 Å². The van der Waals surface area contributed by atoms with Crippen LogP contribution < -0.4 is 10.1 Å². The second-order valence-electron chi connectivity index (χ2n) is 5.58. The zero-order valence-corrected chi connectivity index (χ0v) is 14.7. The molecule has 2 aromatic heterocycles. The van der Waals surface area contributed by atoms with E-state index >= 15 is 0 Å². The molecule has 0 aliphatic rings. The molecule has 130 valence electrons. The van der Waals surface area contributed by atoms with Gasteiger partial charge in [-0.05, 0) is 26.0 Å². The number of ether oxygens (including phenoxy) is 1. The van der Waals surface area contributed by atoms with E-state index in [1.54, 1.807) is 24.5 Å². The molecule has 25 heavy (non-hydrogen) atoms. The first kappa shape index (κ1) is 17.2. The van der Waals surface area contributed by atoms with Crippen LogP contribution in [-0.4, -0.2) is 32.8 Å². The summed E-state index contributed by atoms with van der Waals surface area (Å²) in [5.74, 6) is 2.10. The van der Waals surface area contributed by atoms with Gasteiger partial charge in [0.25, 0.3) is 5.88 Å². The highest BCUT2D eigenvalue weighted by molar-refractivity contribution is 6.30. The summed E-state index contributed by atoms with van der Waals surface area (Å²) in [5.41, 5.74) is 0.817. The van der Waals surface area contributed by atoms with E-state index in [-0.39, 0.29) is 6.10 Å². The monoisotopic (exact) mass is 359 g/mol. The van der Waals surface area contributed by atoms with E-state index in [4.69, 9.17) is 20.9 Å². The Hall–Kier alpha value is -2.67. The first-order chi connectivity index (χ1) is 12.1. The van der Waals surface area contributed by atoms with E-state index in [2.05, 4.69) is 25.4 Å². The predicted octanol–water partition coefficient (Wildman–Crippen LogP) is 3.62. The van der Waals surface area contributed by atoms with Crippen molar-refractivity contribution in [1.82, 2.24) is 20.1 Å². The molecule has 2 heterocycles. The summed E-state index contributed by atoms with van der Waals surface area (Å²) in [6.07, 6.45) is 3.77. The maximum Gasteiger partial charge on any atom is 0.257 e. The van der Waals surface area contributed by atoms with Crippen LogP contribution in [0, 0.1) is 0 Å². The van der Waals surface area contributed by atoms with Crippen LogP contribution in [0.25, 0.3) is 11.4 Å². The van der Waals surface area contributed by atoms with Crippen molar-refractivity contribution in [3.63, 3.8) is 0 Å². The lowest BCUT2D eigenvalue weighted by Gasteiger charge is -2.12. The molecular weight excluding hydrogens is 342 g/mol. The van der Waals surface area contributed by atoms with Gasteiger partial charge in [-0.25, -0.2) is 9.97 Å². The van der Waals surface area contributed by atoms with Crippen molar-refractivity contribution in [2.75, 3.05) is 11.9 Å². The molecule has 0 amide bonds. The number of halogens is 1. The molecule has 8 heteroatoms. The SMILES string of the molecule is CC(C)Oc1nccnc1NCCc1nc(-c2cccc(Cl)c2)no1. The number of anilines is 1. The van der Waals surface area contributed by atoms with Crippen LogP contribution in [0.15, 0.2) is 41.2 Å². The molecule has 0 radical (unpaired) electrons. The van der Waals surface area contributed by atoms with E-state index in [1.165, 1.54) is 0 Å². The lowest BCUT2D eigenvalue weighted by atomic mass is 10.2. The van der Waals surface area contributed by atoms with E-state index in [9.17, 15) is 0 Å². The fourth-order valence-corrected chi connectivity index (χ4v) is 2.34. The highest BCUT2D eigenvalue weighted by Gasteiger charge is 2.11. The Morgan fingerprint density at radius 3 is 2.88 bits per heavy atom. The lowest BCUT2D eigenvalue weighted by molar-refractivity contribution is 0.233. The van der Waals surface area contributed by atoms with Crippen LogP contribution in [0.1, 0.15) is 19.7 Å². The first-order valence-electron chi connectivity index (χ1n) is 7.92. The summed E-state index contributed by atoms with van der Waals surface area (Å²) < 4.78 is 10.9. The van der Waals surface area contributed by atoms with Gasteiger partial charge in [-0.3, -0.25) is 0 Å². The third-order valence-electron chi connectivity index (χ3n) is 3.19. The van der Waals surface area contributed by atoms with Gasteiger partial charge < -0.3 is 14.6 Å². The topological polar surface area (TPSA) is 86.0 Å². The van der Waals surface area contributed by atoms with Crippen LogP contribution in [0.3, 0.4) is 0 Å². The Morgan fingerprint density at radius 1 is 1.24 bits per heavy atom. The number of hydrogen-bond acceptors (Lipinski definition) is 7. The van der Waals surface area contributed by atoms with Gasteiger partial charge in [0.15, 0.2) is 5.82 Å². The maximum atomic E-state index is 5.98. The fraction of sp³-hybridized carbons (Fsp3) is 0.294. The Bertz CT molecular complexity index is 837. The number of nitrogens with one attached hydrogen (secondary N) is 1. The standard InChI is InChI=1S/C17H18ClN5O2/c1-11(2)24-17-16(20-8-9-21-17)19-7-6-14-22-15(23-25-14)12-4-3-5-13(18)10-12/h3-5,8-11H,6-7H2,1-2H3,(H,19,20). The largest absolute Gasteiger partial charge is 0.472 e. The second kappa shape index (κ2) is 7.94. The van der Waals surface area contributed by atoms with E-state index in [0.29, 0.717) is 41.4 Å². The molecule has 1 aromatic carbocycles. The highest BCUT2D eigenvalue weighted by Crippen LogP contribution is 2.21. The fourth-order valence-electron chi connectivity index (χ4n) is 2.15. The number of benzene rings is 1. The summed E-state index contributed by atoms with van der Waals surface area (Å²) in [5, 5.41) is 7.79. The molecule has 3 rings (SSSR count). The molecule has 3 aromatic rings. The Balaban J connectivity index is 1.60. The molecule has 0 fully saturated rings. The summed E-state index contributed by atoms with van der Waals surface area (Å²) in [4.78, 5) is 12.8. The molecule has 0 saturated heterocycles. The molecule has 0 aliphatic heterocycles. The minimum Gasteiger partial charge on any atom is -0.472 e. The van der Waals surface area contributed by atoms with Crippen LogP contribution in [-0.2, 0) is 6.42 Å². The van der Waals surface area contributed by atoms with Crippen LogP contribution in [0.2, 0.25) is 5.02 Å². The van der Waals surface area contributed by atoms with Crippen molar-refractivity contribution in [2.45, 2.75) is 26.4 Å². The second-order valence-corrected chi connectivity index (χ2v) is 6.01. The third kappa shape index (κ3) is 4.67. The van der Waals surface area contributed by atoms with Gasteiger partial charge in [0.2, 0.25) is 11.7 Å². The molecule has 0 spiro atoms. The van der Waals surface area contributed by atoms with Crippen molar-refractivity contribution < 1.29 is 9.26 Å². The van der Waals surface area contributed by atoms with E-state index in [0.717, 1.165) is 5.56 Å². The average Bonchev–Trinajstić information content (AvgIpc) is 3.05. The number of rotatable bonds is 7. The van der Waals surface area contributed by atoms with Crippen LogP contribution in [0.5, 0.6) is 5.88 Å². The summed E-state index contributed by atoms with van der Waals surface area (Å²) in [6.45, 7) is 4.44. The molecule has 0 aliphatic carbocycles. The Morgan fingerprint density at radius 2 is 2.08 bits per heavy atom. The van der Waals surface area contributed by atoms with Crippen molar-refractivity contribution in [1.29, 1.82) is 0 Å². The molecule has 1 N–H and O–H groups in total. The average molecular weight is 360 g/mol. The first-order valence-corrected chi connectivity index (χ1v) is 8.29. The summed E-state index contributed by atoms with van der Waals surface area (Å²) >= 11 is 5.98. The minimum atomic E-state index is 0.0217. The maximum absolute atomic E-state index is 5.98. The molecular formula is C17H18ClN5O2. The van der Waals surface area contributed by atoms with Gasteiger partial charge in [0.05, 0.1) is 6.10 Å². The summed E-state index contributed by atoms with van der Waals surface area (Å²) in [7, 11) is 0. The summed E-state index contributed by atoms with van der Waals surface area (Å²) in [6, 6.07) is 7.32. The highest BCUT2D eigenvalue weighted by atomic mass is 35.5. The zero-order chi connectivity index (χ0) is 17.6. The quantitative estimate of drug-likeness (QED) is 0.689. The van der Waals surface area contributed by atoms with Gasteiger partial charge >= 0.3 is 0 Å². The zero-order valence-electron chi connectivity index (χ0n) is 13.9. The number of nitrogens with zero attached hydrogens (tertiary/aromatic N) is 4. The van der Waals surface area contributed by atoms with Gasteiger partial charge in [-0.2, -0.15) is 4.98 Å². The molecule has 0 saturated carbocycles. The molecule has 0 atom stereocenters. The van der Waals surface area contributed by atoms with Gasteiger partial charge in [-0.1, -0.05) is 28.9 Å². The van der Waals surface area contributed by atoms with Crippen LogP contribution in [0.4, 0.5) is 5.82 Å². The van der Waals surface area contributed by atoms with Crippen molar-refractivity contribution in [2.24, 2.45) is 0 Å². The predicted molar refractivity (Wildman–Crippen MR) is 94.7 cm³/mol. The molecule has 7 nitrogen and oxygen atoms in total. The smallest absolute Gasteiger partial charge is 0.257 e. The van der Waals surface area contributed by atoms with E-state index in [1.807, 2.05) is 26.0 Å². The third-order valence-corrected chi connectivity index (χ3v) is 3.43. The van der Waals surface area contributed by atoms with Crippen molar-refractivity contribution in [3.8, 4) is 17.3 Å². The minimum absolute atomic E-state index is 0.0217. The number of aromatic nitrogens is 4. The van der Waals surface area contributed by atoms with Gasteiger partial charge in [-0.15, -0.1) is 0 Å². The van der Waals surface area contributed by atoms with Crippen LogP contribution >= 0.6 is 11.6 Å². The lowest BCUT2D eigenvalue weighted by Crippen LogP contribution is -2.12. The Labute approximate surface area is 150 Å². The normalized spacial score (nSPS) is 10.9. The molecule has 0 bridgehead atoms. The number of hydrogen-bond donors (Lipinski definition) is 1. The van der Waals surface area contributed by atoms with Gasteiger partial charge in [0, 0.05) is 35.9 Å². The van der Waals surface area contributed by atoms with Gasteiger partial charge in [0.1, 0.15) is 0 Å². The van der Waals surface area contributed by atoms with E-state index < -0.39 is 0 Å². The Kier molecular flexibility index (Phi) is 5.45.